The number of hydrogen-bond donors (Lipinski definition) is 3. The van der Waals surface area contributed by atoms with Gasteiger partial charge < -0.3 is 26.0 Å². The van der Waals surface area contributed by atoms with E-state index in [-0.39, 0.29) is 30.4 Å². The number of carbonyl (C=O) groups is 3. The van der Waals surface area contributed by atoms with E-state index < -0.39 is 12.1 Å². The minimum Gasteiger partial charge on any atom is -0.444 e. The highest BCUT2D eigenvalue weighted by Gasteiger charge is 2.24. The molecule has 0 radical (unpaired) electrons. The average Bonchev–Trinajstić information content (AvgIpc) is 3.53. The number of aromatic nitrogens is 2. The van der Waals surface area contributed by atoms with Gasteiger partial charge in [-0.2, -0.15) is 0 Å². The Kier molecular flexibility index (Phi) is 12.9. The summed E-state index contributed by atoms with van der Waals surface area (Å²) in [6.07, 6.45) is 3.34. The molecule has 3 amide bonds. The lowest BCUT2D eigenvalue weighted by atomic mass is 9.93. The molecular weight excluding hydrogens is 512 g/mol. The van der Waals surface area contributed by atoms with Crippen LogP contribution in [0, 0.1) is 5.92 Å². The maximum Gasteiger partial charge on any atom is 0.407 e. The number of nitrogens with zero attached hydrogens (tertiary/aromatic N) is 3. The molecule has 2 aromatic rings. The number of nitrogens with two attached hydrogens (primary N) is 1. The molecule has 12 heteroatoms. The Hall–Kier alpha value is -2.57. The molecule has 0 aliphatic heterocycles. The van der Waals surface area contributed by atoms with Crippen LogP contribution in [0.4, 0.5) is 9.59 Å². The quantitative estimate of drug-likeness (QED) is 0.300. The smallest absolute Gasteiger partial charge is 0.407 e. The molecule has 0 aliphatic carbocycles. The highest BCUT2D eigenvalue weighted by molar-refractivity contribution is 7.09. The fourth-order valence-corrected chi connectivity index (χ4v) is 4.93. The molecule has 0 fully saturated rings. The van der Waals surface area contributed by atoms with E-state index in [2.05, 4.69) is 34.4 Å². The minimum atomic E-state index is -0.638. The topological polar surface area (TPSA) is 140 Å². The molecule has 10 nitrogen and oxygen atoms in total. The van der Waals surface area contributed by atoms with Gasteiger partial charge in [0.2, 0.25) is 0 Å². The zero-order valence-electron chi connectivity index (χ0n) is 22.4. The summed E-state index contributed by atoms with van der Waals surface area (Å²) in [7, 11) is 1.69. The molecule has 0 saturated heterocycles. The van der Waals surface area contributed by atoms with E-state index in [1.165, 1.54) is 16.2 Å². The van der Waals surface area contributed by atoms with Gasteiger partial charge in [-0.3, -0.25) is 9.78 Å². The second-order valence-electron chi connectivity index (χ2n) is 9.71. The van der Waals surface area contributed by atoms with Crippen LogP contribution >= 0.6 is 22.7 Å². The molecule has 3 atom stereocenters. The third kappa shape index (κ3) is 11.1. The fraction of sp³-hybridized carbons (Fsp3) is 0.640. The molecule has 0 saturated carbocycles. The monoisotopic (exact) mass is 552 g/mol. The predicted octanol–water partition coefficient (Wildman–Crippen LogP) is 4.27. The first kappa shape index (κ1) is 30.7. The van der Waals surface area contributed by atoms with Crippen molar-refractivity contribution in [2.24, 2.45) is 11.7 Å². The second-order valence-corrected chi connectivity index (χ2v) is 11.6. The summed E-state index contributed by atoms with van der Waals surface area (Å²) in [4.78, 5) is 48.6. The van der Waals surface area contributed by atoms with Crippen molar-refractivity contribution in [1.29, 1.82) is 0 Å². The van der Waals surface area contributed by atoms with E-state index in [1.54, 1.807) is 30.1 Å². The SMILES string of the molecule is CC(CCC(C)NC(=O)OCc1cncs1)CC(=O)C(CCN)NC(=O)N(C)Cc1csc(C(C)C)n1. The van der Waals surface area contributed by atoms with E-state index in [0.717, 1.165) is 22.0 Å². The van der Waals surface area contributed by atoms with Crippen LogP contribution in [-0.4, -0.2) is 58.5 Å². The Balaban J connectivity index is 1.75. The van der Waals surface area contributed by atoms with Crippen molar-refractivity contribution in [3.05, 3.63) is 32.7 Å². The molecule has 0 bridgehead atoms. The molecule has 2 heterocycles. The van der Waals surface area contributed by atoms with Crippen molar-refractivity contribution in [3.63, 3.8) is 0 Å². The van der Waals surface area contributed by atoms with Crippen molar-refractivity contribution in [2.75, 3.05) is 13.6 Å². The molecule has 0 spiro atoms. The van der Waals surface area contributed by atoms with Crippen molar-refractivity contribution < 1.29 is 19.1 Å². The number of urea groups is 1. The van der Waals surface area contributed by atoms with Crippen LogP contribution in [0.5, 0.6) is 0 Å². The van der Waals surface area contributed by atoms with Gasteiger partial charge in [0.25, 0.3) is 0 Å². The van der Waals surface area contributed by atoms with Crippen LogP contribution in [-0.2, 0) is 22.7 Å². The Bertz CT molecular complexity index is 982. The van der Waals surface area contributed by atoms with Gasteiger partial charge in [-0.15, -0.1) is 22.7 Å². The predicted molar refractivity (Wildman–Crippen MR) is 147 cm³/mol. The molecule has 206 valence electrons. The highest BCUT2D eigenvalue weighted by atomic mass is 32.1. The average molecular weight is 553 g/mol. The van der Waals surface area contributed by atoms with E-state index in [9.17, 15) is 14.4 Å². The van der Waals surface area contributed by atoms with Crippen LogP contribution < -0.4 is 16.4 Å². The van der Waals surface area contributed by atoms with E-state index in [1.807, 2.05) is 19.2 Å². The van der Waals surface area contributed by atoms with Gasteiger partial charge in [-0.05, 0) is 38.6 Å². The van der Waals surface area contributed by atoms with Crippen LogP contribution in [0.1, 0.15) is 74.9 Å². The molecule has 4 N–H and O–H groups in total. The Morgan fingerprint density at radius 3 is 2.49 bits per heavy atom. The highest BCUT2D eigenvalue weighted by Crippen LogP contribution is 2.20. The van der Waals surface area contributed by atoms with Crippen LogP contribution in [0.15, 0.2) is 17.1 Å². The van der Waals surface area contributed by atoms with Gasteiger partial charge in [0.1, 0.15) is 6.61 Å². The number of alkyl carbamates (subject to hydrolysis) is 1. The molecular formula is C25H40N6O4S2. The lowest BCUT2D eigenvalue weighted by Crippen LogP contribution is -2.47. The lowest BCUT2D eigenvalue weighted by molar-refractivity contribution is -0.121. The molecule has 2 rings (SSSR count). The van der Waals surface area contributed by atoms with Crippen molar-refractivity contribution in [1.82, 2.24) is 25.5 Å². The van der Waals surface area contributed by atoms with E-state index in [0.29, 0.717) is 38.3 Å². The number of rotatable bonds is 15. The maximum absolute atomic E-state index is 13.0. The lowest BCUT2D eigenvalue weighted by Gasteiger charge is -2.23. The van der Waals surface area contributed by atoms with Gasteiger partial charge >= 0.3 is 12.1 Å². The van der Waals surface area contributed by atoms with Crippen LogP contribution in [0.3, 0.4) is 0 Å². The zero-order chi connectivity index (χ0) is 27.4. The first-order valence-corrected chi connectivity index (χ1v) is 14.3. The number of ether oxygens (including phenoxy) is 1. The number of amides is 3. The zero-order valence-corrected chi connectivity index (χ0v) is 24.0. The summed E-state index contributed by atoms with van der Waals surface area (Å²) >= 11 is 3.01. The fourth-order valence-electron chi connectivity index (χ4n) is 3.60. The molecule has 0 aromatic carbocycles. The van der Waals surface area contributed by atoms with Gasteiger partial charge in [0, 0.05) is 37.0 Å². The second kappa shape index (κ2) is 15.6. The Morgan fingerprint density at radius 1 is 1.11 bits per heavy atom. The van der Waals surface area contributed by atoms with Crippen molar-refractivity contribution >= 4 is 40.6 Å². The third-order valence-corrected chi connectivity index (χ3v) is 7.73. The summed E-state index contributed by atoms with van der Waals surface area (Å²) in [5.41, 5.74) is 8.24. The normalized spacial score (nSPS) is 13.6. The largest absolute Gasteiger partial charge is 0.444 e. The number of carbonyl (C=O) groups excluding carboxylic acids is 3. The number of thiazole rings is 2. The summed E-state index contributed by atoms with van der Waals surface area (Å²) < 4.78 is 5.20. The van der Waals surface area contributed by atoms with Crippen LogP contribution in [0.2, 0.25) is 0 Å². The first-order valence-electron chi connectivity index (χ1n) is 12.6. The van der Waals surface area contributed by atoms with Gasteiger partial charge in [-0.1, -0.05) is 20.8 Å². The summed E-state index contributed by atoms with van der Waals surface area (Å²) in [5.74, 6) is 0.387. The number of nitrogens with one attached hydrogen (secondary N) is 2. The molecule has 37 heavy (non-hydrogen) atoms. The summed E-state index contributed by atoms with van der Waals surface area (Å²) in [6.45, 7) is 8.92. The van der Waals surface area contributed by atoms with Crippen molar-refractivity contribution in [2.45, 2.75) is 84.5 Å². The summed E-state index contributed by atoms with van der Waals surface area (Å²) in [5, 5.41) is 8.65. The molecule has 2 aromatic heterocycles. The van der Waals surface area contributed by atoms with Gasteiger partial charge in [-0.25, -0.2) is 14.6 Å². The van der Waals surface area contributed by atoms with E-state index >= 15 is 0 Å². The Labute approximate surface area is 227 Å². The molecule has 3 unspecified atom stereocenters. The number of Topliss-reactive ketones (excluding diaryl/α,β-unsaturated/α-hetero) is 1. The van der Waals surface area contributed by atoms with E-state index in [4.69, 9.17) is 10.5 Å². The summed E-state index contributed by atoms with van der Waals surface area (Å²) in [6, 6.07) is -1.06. The first-order chi connectivity index (χ1) is 17.6. The van der Waals surface area contributed by atoms with Gasteiger partial charge in [0.05, 0.1) is 33.7 Å². The maximum atomic E-state index is 13.0. The number of hydrogen-bond acceptors (Lipinski definition) is 9. The van der Waals surface area contributed by atoms with Gasteiger partial charge in [0.15, 0.2) is 5.78 Å². The minimum absolute atomic E-state index is 0.0416. The van der Waals surface area contributed by atoms with Crippen LogP contribution in [0.25, 0.3) is 0 Å². The standard InChI is InChI=1S/C25H40N6O4S2/c1-16(2)23-29-19(14-36-23)12-31(5)24(33)30-21(8-9-26)22(32)10-17(3)6-7-18(4)28-25(34)35-13-20-11-27-15-37-20/h11,14-18,21H,6-10,12-13,26H2,1-5H3,(H,28,34)(H,30,33). The van der Waals surface area contributed by atoms with Crippen molar-refractivity contribution in [3.8, 4) is 0 Å². The third-order valence-electron chi connectivity index (χ3n) is 5.79. The Morgan fingerprint density at radius 2 is 1.86 bits per heavy atom. The molecule has 0 aliphatic rings. The number of ketones is 1.